The van der Waals surface area contributed by atoms with E-state index in [0.717, 1.165) is 40.2 Å². The number of rotatable bonds is 9. The molecule has 0 aromatic heterocycles. The molecule has 3 aromatic carbocycles. The number of fused-ring (bicyclic) bond motifs is 1. The van der Waals surface area contributed by atoms with Crippen LogP contribution < -0.4 is 24.7 Å². The van der Waals surface area contributed by atoms with E-state index in [0.29, 0.717) is 24.5 Å². The molecule has 0 radical (unpaired) electrons. The minimum atomic E-state index is -0.584. The minimum Gasteiger partial charge on any atom is -0.497 e. The number of ether oxygens (including phenoxy) is 4. The van der Waals surface area contributed by atoms with E-state index in [1.165, 1.54) is 0 Å². The number of nitrogens with two attached hydrogens (primary N) is 1. The van der Waals surface area contributed by atoms with Crippen LogP contribution in [0.15, 0.2) is 60.7 Å². The largest absolute Gasteiger partial charge is 0.497 e. The maximum absolute atomic E-state index is 12.8. The second-order valence-corrected chi connectivity index (χ2v) is 8.51. The van der Waals surface area contributed by atoms with Crippen LogP contribution in [0.3, 0.4) is 0 Å². The van der Waals surface area contributed by atoms with Crippen molar-refractivity contribution >= 4 is 5.91 Å². The van der Waals surface area contributed by atoms with Gasteiger partial charge in [-0.2, -0.15) is 0 Å². The van der Waals surface area contributed by atoms with E-state index in [4.69, 9.17) is 24.7 Å². The average Bonchev–Trinajstić information content (AvgIpc) is 2.89. The molecule has 0 bridgehead atoms. The fraction of sp³-hybridized carbons (Fsp3) is 0.321. The third kappa shape index (κ3) is 4.91. The summed E-state index contributed by atoms with van der Waals surface area (Å²) in [5, 5.41) is 0. The number of hydrogen-bond acceptors (Lipinski definition) is 6. The number of methoxy groups -OCH3 is 4. The molecule has 0 spiro atoms. The summed E-state index contributed by atoms with van der Waals surface area (Å²) in [7, 11) is 6.56. The number of nitrogens with zero attached hydrogens (tertiary/aromatic N) is 1. The topological polar surface area (TPSA) is 83.2 Å². The quantitative estimate of drug-likeness (QED) is 0.501. The monoisotopic (exact) mass is 476 g/mol. The molecule has 2 N–H and O–H groups in total. The molecule has 2 unspecified atom stereocenters. The van der Waals surface area contributed by atoms with Crippen molar-refractivity contribution in [3.8, 4) is 23.0 Å². The molecule has 7 heteroatoms. The molecular weight excluding hydrogens is 444 g/mol. The van der Waals surface area contributed by atoms with Gasteiger partial charge in [0.15, 0.2) is 11.5 Å². The van der Waals surface area contributed by atoms with Gasteiger partial charge in [-0.15, -0.1) is 0 Å². The lowest BCUT2D eigenvalue weighted by Crippen LogP contribution is -2.44. The van der Waals surface area contributed by atoms with E-state index >= 15 is 0 Å². The smallest absolute Gasteiger partial charge is 0.239 e. The lowest BCUT2D eigenvalue weighted by Gasteiger charge is -2.42. The molecule has 1 aliphatic heterocycles. The van der Waals surface area contributed by atoms with Crippen molar-refractivity contribution in [2.45, 2.75) is 24.9 Å². The van der Waals surface area contributed by atoms with Crippen LogP contribution in [0.25, 0.3) is 0 Å². The highest BCUT2D eigenvalue weighted by Gasteiger charge is 2.37. The van der Waals surface area contributed by atoms with Gasteiger partial charge in [-0.25, -0.2) is 0 Å². The van der Waals surface area contributed by atoms with Gasteiger partial charge in [-0.1, -0.05) is 30.3 Å². The van der Waals surface area contributed by atoms with Gasteiger partial charge in [0.05, 0.1) is 28.4 Å². The number of primary amides is 1. The van der Waals surface area contributed by atoms with Crippen molar-refractivity contribution in [2.75, 3.05) is 35.0 Å². The van der Waals surface area contributed by atoms with Crippen molar-refractivity contribution < 1.29 is 23.7 Å². The SMILES string of the molecule is COc1ccc(OC)c(CC2c3cc(OC)c(OC)cc3CCN2C(C(N)=O)c2ccccc2)c1. The van der Waals surface area contributed by atoms with Gasteiger partial charge >= 0.3 is 0 Å². The van der Waals surface area contributed by atoms with Gasteiger partial charge in [0, 0.05) is 12.6 Å². The summed E-state index contributed by atoms with van der Waals surface area (Å²) in [6, 6.07) is 18.7. The molecule has 0 aliphatic carbocycles. The molecule has 1 heterocycles. The first-order valence-electron chi connectivity index (χ1n) is 11.6. The zero-order chi connectivity index (χ0) is 24.9. The van der Waals surface area contributed by atoms with Gasteiger partial charge in [0.2, 0.25) is 5.91 Å². The van der Waals surface area contributed by atoms with Gasteiger partial charge in [-0.05, 0) is 65.4 Å². The van der Waals surface area contributed by atoms with Crippen LogP contribution >= 0.6 is 0 Å². The first-order chi connectivity index (χ1) is 17.0. The normalized spacial score (nSPS) is 16.2. The molecule has 0 fully saturated rings. The van der Waals surface area contributed by atoms with Crippen LogP contribution in [0.4, 0.5) is 0 Å². The number of carbonyl (C=O) groups excluding carboxylic acids is 1. The van der Waals surface area contributed by atoms with Crippen molar-refractivity contribution in [3.63, 3.8) is 0 Å². The van der Waals surface area contributed by atoms with Crippen LogP contribution in [0.5, 0.6) is 23.0 Å². The molecule has 2 atom stereocenters. The van der Waals surface area contributed by atoms with Crippen LogP contribution in [0.1, 0.15) is 34.3 Å². The zero-order valence-corrected chi connectivity index (χ0v) is 20.6. The van der Waals surface area contributed by atoms with E-state index in [1.54, 1.807) is 28.4 Å². The second-order valence-electron chi connectivity index (χ2n) is 8.51. The predicted octanol–water partition coefficient (Wildman–Crippen LogP) is 4.09. The van der Waals surface area contributed by atoms with Crippen LogP contribution in [0.2, 0.25) is 0 Å². The highest BCUT2D eigenvalue weighted by molar-refractivity contribution is 5.81. The Morgan fingerprint density at radius 2 is 1.60 bits per heavy atom. The summed E-state index contributed by atoms with van der Waals surface area (Å²) in [4.78, 5) is 15.0. The standard InChI is InChI=1S/C28H32N2O5/c1-32-21-10-11-24(33-2)20(14-21)15-23-22-17-26(35-4)25(34-3)16-19(22)12-13-30(23)27(28(29)31)18-8-6-5-7-9-18/h5-11,14,16-17,23,27H,12-13,15H2,1-4H3,(H2,29,31). The summed E-state index contributed by atoms with van der Waals surface area (Å²) < 4.78 is 22.3. The van der Waals surface area contributed by atoms with Crippen LogP contribution in [-0.2, 0) is 17.6 Å². The Hall–Kier alpha value is -3.71. The third-order valence-electron chi connectivity index (χ3n) is 6.66. The molecule has 1 aliphatic rings. The average molecular weight is 477 g/mol. The third-order valence-corrected chi connectivity index (χ3v) is 6.66. The second kappa shape index (κ2) is 10.7. The lowest BCUT2D eigenvalue weighted by atomic mass is 9.85. The van der Waals surface area contributed by atoms with Gasteiger partial charge in [-0.3, -0.25) is 9.69 Å². The Balaban J connectivity index is 1.87. The van der Waals surface area contributed by atoms with E-state index < -0.39 is 6.04 Å². The highest BCUT2D eigenvalue weighted by Crippen LogP contribution is 2.43. The van der Waals surface area contributed by atoms with Gasteiger partial charge < -0.3 is 24.7 Å². The molecule has 0 saturated heterocycles. The predicted molar refractivity (Wildman–Crippen MR) is 134 cm³/mol. The molecule has 3 aromatic rings. The molecule has 184 valence electrons. The van der Waals surface area contributed by atoms with Crippen molar-refractivity contribution in [2.24, 2.45) is 5.73 Å². The molecule has 1 amide bonds. The Kier molecular flexibility index (Phi) is 7.46. The molecule has 4 rings (SSSR count). The number of amides is 1. The van der Waals surface area contributed by atoms with Crippen molar-refractivity contribution in [3.05, 3.63) is 82.9 Å². The Morgan fingerprint density at radius 1 is 0.914 bits per heavy atom. The summed E-state index contributed by atoms with van der Waals surface area (Å²) >= 11 is 0. The maximum atomic E-state index is 12.8. The van der Waals surface area contributed by atoms with E-state index in [2.05, 4.69) is 4.90 Å². The summed E-state index contributed by atoms with van der Waals surface area (Å²) in [6.07, 6.45) is 1.33. The lowest BCUT2D eigenvalue weighted by molar-refractivity contribution is -0.124. The molecular formula is C28H32N2O5. The maximum Gasteiger partial charge on any atom is 0.239 e. The van der Waals surface area contributed by atoms with Gasteiger partial charge in [0.1, 0.15) is 17.5 Å². The number of hydrogen-bond donors (Lipinski definition) is 1. The van der Waals surface area contributed by atoms with Crippen LogP contribution in [-0.4, -0.2) is 45.8 Å². The molecule has 0 saturated carbocycles. The van der Waals surface area contributed by atoms with E-state index in [-0.39, 0.29) is 11.9 Å². The first kappa shape index (κ1) is 24.4. The number of carbonyl (C=O) groups is 1. The molecule has 7 nitrogen and oxygen atoms in total. The Morgan fingerprint density at radius 3 is 2.23 bits per heavy atom. The summed E-state index contributed by atoms with van der Waals surface area (Å²) in [5.41, 5.74) is 10.1. The zero-order valence-electron chi connectivity index (χ0n) is 20.6. The van der Waals surface area contributed by atoms with Crippen LogP contribution in [0, 0.1) is 0 Å². The van der Waals surface area contributed by atoms with Crippen molar-refractivity contribution in [1.82, 2.24) is 4.90 Å². The summed E-state index contributed by atoms with van der Waals surface area (Å²) in [6.45, 7) is 0.655. The first-order valence-corrected chi connectivity index (χ1v) is 11.6. The Bertz CT molecular complexity index is 1180. The van der Waals surface area contributed by atoms with Crippen molar-refractivity contribution in [1.29, 1.82) is 0 Å². The minimum absolute atomic E-state index is 0.169. The Labute approximate surface area is 206 Å². The fourth-order valence-corrected chi connectivity index (χ4v) is 4.99. The molecule has 35 heavy (non-hydrogen) atoms. The summed E-state index contributed by atoms with van der Waals surface area (Å²) in [5.74, 6) is 2.44. The van der Waals surface area contributed by atoms with E-state index in [1.807, 2.05) is 60.7 Å². The fourth-order valence-electron chi connectivity index (χ4n) is 4.99. The number of benzene rings is 3. The van der Waals surface area contributed by atoms with E-state index in [9.17, 15) is 4.79 Å². The highest BCUT2D eigenvalue weighted by atomic mass is 16.5. The van der Waals surface area contributed by atoms with Gasteiger partial charge in [0.25, 0.3) is 0 Å².